The molecule has 0 aromatic carbocycles. The van der Waals surface area contributed by atoms with Crippen molar-refractivity contribution < 1.29 is 4.74 Å². The van der Waals surface area contributed by atoms with Crippen LogP contribution in [0.15, 0.2) is 18.5 Å². The van der Waals surface area contributed by atoms with Crippen LogP contribution in [0.2, 0.25) is 0 Å². The second-order valence-electron chi connectivity index (χ2n) is 2.93. The number of aromatic nitrogens is 5. The molecule has 0 atom stereocenters. The van der Waals surface area contributed by atoms with Gasteiger partial charge in [0, 0.05) is 18.9 Å². The number of ether oxygens (including phenoxy) is 1. The molecule has 16 heavy (non-hydrogen) atoms. The van der Waals surface area contributed by atoms with E-state index in [1.54, 1.807) is 23.1 Å². The average molecular weight is 220 g/mol. The summed E-state index contributed by atoms with van der Waals surface area (Å²) < 4.78 is 6.54. The summed E-state index contributed by atoms with van der Waals surface area (Å²) >= 11 is 0. The van der Waals surface area contributed by atoms with Gasteiger partial charge in [0.25, 0.3) is 5.95 Å². The van der Waals surface area contributed by atoms with Crippen molar-refractivity contribution in [2.75, 3.05) is 19.0 Å². The third-order valence-electron chi connectivity index (χ3n) is 1.83. The number of hydrogen-bond donors (Lipinski definition) is 1. The highest BCUT2D eigenvalue weighted by Gasteiger charge is 2.07. The van der Waals surface area contributed by atoms with Crippen molar-refractivity contribution in [1.29, 1.82) is 0 Å². The Morgan fingerprint density at radius 2 is 2.25 bits per heavy atom. The van der Waals surface area contributed by atoms with E-state index in [-0.39, 0.29) is 6.01 Å². The zero-order chi connectivity index (χ0) is 11.4. The van der Waals surface area contributed by atoms with Gasteiger partial charge in [-0.05, 0) is 13.0 Å². The second kappa shape index (κ2) is 4.56. The molecule has 0 unspecified atom stereocenters. The van der Waals surface area contributed by atoms with Crippen molar-refractivity contribution in [2.45, 2.75) is 6.92 Å². The minimum Gasteiger partial charge on any atom is -0.467 e. The molecule has 0 bridgehead atoms. The van der Waals surface area contributed by atoms with Crippen molar-refractivity contribution in [3.05, 3.63) is 18.5 Å². The quantitative estimate of drug-likeness (QED) is 0.808. The van der Waals surface area contributed by atoms with Crippen molar-refractivity contribution in [2.24, 2.45) is 0 Å². The predicted octanol–water partition coefficient (Wildman–Crippen LogP) is 0.498. The second-order valence-corrected chi connectivity index (χ2v) is 2.93. The molecule has 1 N–H and O–H groups in total. The summed E-state index contributed by atoms with van der Waals surface area (Å²) in [5.41, 5.74) is 0. The van der Waals surface area contributed by atoms with Crippen molar-refractivity contribution in [3.63, 3.8) is 0 Å². The smallest absolute Gasteiger partial charge is 0.322 e. The van der Waals surface area contributed by atoms with E-state index in [0.717, 1.165) is 6.54 Å². The molecule has 0 spiro atoms. The Hall–Kier alpha value is -2.18. The normalized spacial score (nSPS) is 10.1. The van der Waals surface area contributed by atoms with Crippen LogP contribution < -0.4 is 10.1 Å². The topological polar surface area (TPSA) is 77.8 Å². The van der Waals surface area contributed by atoms with Crippen LogP contribution in [0.4, 0.5) is 5.95 Å². The predicted molar refractivity (Wildman–Crippen MR) is 57.7 cm³/mol. The first kappa shape index (κ1) is 10.3. The van der Waals surface area contributed by atoms with Gasteiger partial charge in [0.05, 0.1) is 7.11 Å². The maximum absolute atomic E-state index is 5.00. The molecule has 84 valence electrons. The molecule has 0 amide bonds. The van der Waals surface area contributed by atoms with Crippen LogP contribution >= 0.6 is 0 Å². The standard InChI is InChI=1S/C9H12N6O/c1-3-10-7-12-8(14-9(13-7)16-2)15-6-4-5-11-15/h4-6H,3H2,1-2H3,(H,10,12,13,14). The van der Waals surface area contributed by atoms with E-state index < -0.39 is 0 Å². The average Bonchev–Trinajstić information content (AvgIpc) is 2.82. The number of anilines is 1. The summed E-state index contributed by atoms with van der Waals surface area (Å²) in [6.07, 6.45) is 3.41. The Morgan fingerprint density at radius 1 is 1.38 bits per heavy atom. The lowest BCUT2D eigenvalue weighted by Crippen LogP contribution is -2.10. The highest BCUT2D eigenvalue weighted by Crippen LogP contribution is 2.09. The van der Waals surface area contributed by atoms with Crippen LogP contribution in [0.3, 0.4) is 0 Å². The monoisotopic (exact) mass is 220 g/mol. The van der Waals surface area contributed by atoms with Crippen LogP contribution in [0.25, 0.3) is 5.95 Å². The fourth-order valence-corrected chi connectivity index (χ4v) is 1.16. The van der Waals surface area contributed by atoms with Gasteiger partial charge in [-0.2, -0.15) is 20.1 Å². The van der Waals surface area contributed by atoms with Crippen molar-refractivity contribution in [1.82, 2.24) is 24.7 Å². The van der Waals surface area contributed by atoms with E-state index in [9.17, 15) is 0 Å². The van der Waals surface area contributed by atoms with Gasteiger partial charge in [-0.15, -0.1) is 0 Å². The molecule has 2 heterocycles. The van der Waals surface area contributed by atoms with E-state index in [1.165, 1.54) is 7.11 Å². The van der Waals surface area contributed by atoms with E-state index in [0.29, 0.717) is 11.9 Å². The van der Waals surface area contributed by atoms with Crippen LogP contribution in [0.5, 0.6) is 6.01 Å². The van der Waals surface area contributed by atoms with Gasteiger partial charge >= 0.3 is 6.01 Å². The Kier molecular flexibility index (Phi) is 2.95. The molecule has 7 heteroatoms. The molecule has 0 fully saturated rings. The lowest BCUT2D eigenvalue weighted by molar-refractivity contribution is 0.377. The summed E-state index contributed by atoms with van der Waals surface area (Å²) in [7, 11) is 1.51. The van der Waals surface area contributed by atoms with Crippen molar-refractivity contribution in [3.8, 4) is 12.0 Å². The molecule has 0 aliphatic heterocycles. The first-order chi connectivity index (χ1) is 7.83. The highest BCUT2D eigenvalue weighted by molar-refractivity contribution is 5.29. The number of hydrogen-bond acceptors (Lipinski definition) is 6. The van der Waals surface area contributed by atoms with E-state index >= 15 is 0 Å². The molecule has 0 saturated carbocycles. The van der Waals surface area contributed by atoms with E-state index in [2.05, 4.69) is 25.4 Å². The molecule has 7 nitrogen and oxygen atoms in total. The Labute approximate surface area is 92.5 Å². The summed E-state index contributed by atoms with van der Waals surface area (Å²) in [6.45, 7) is 2.69. The Bertz CT molecular complexity index is 455. The fraction of sp³-hybridized carbons (Fsp3) is 0.333. The molecule has 0 aliphatic carbocycles. The van der Waals surface area contributed by atoms with Gasteiger partial charge < -0.3 is 10.1 Å². The summed E-state index contributed by atoms with van der Waals surface area (Å²) in [5.74, 6) is 0.896. The minimum absolute atomic E-state index is 0.261. The molecule has 0 aliphatic rings. The third kappa shape index (κ3) is 2.08. The SMILES string of the molecule is CCNc1nc(OC)nc(-n2cccn2)n1. The third-order valence-corrected chi connectivity index (χ3v) is 1.83. The molecular weight excluding hydrogens is 208 g/mol. The number of methoxy groups -OCH3 is 1. The Morgan fingerprint density at radius 3 is 2.88 bits per heavy atom. The zero-order valence-electron chi connectivity index (χ0n) is 9.08. The molecular formula is C9H12N6O. The van der Waals surface area contributed by atoms with Crippen LogP contribution in [-0.2, 0) is 0 Å². The van der Waals surface area contributed by atoms with E-state index in [1.807, 2.05) is 6.92 Å². The molecule has 2 rings (SSSR count). The van der Waals surface area contributed by atoms with Gasteiger partial charge in [-0.3, -0.25) is 0 Å². The lowest BCUT2D eigenvalue weighted by Gasteiger charge is -2.06. The van der Waals surface area contributed by atoms with Gasteiger partial charge in [0.1, 0.15) is 0 Å². The van der Waals surface area contributed by atoms with Crippen LogP contribution in [-0.4, -0.2) is 38.4 Å². The van der Waals surface area contributed by atoms with Gasteiger partial charge in [-0.1, -0.05) is 0 Å². The fourth-order valence-electron chi connectivity index (χ4n) is 1.16. The van der Waals surface area contributed by atoms with Gasteiger partial charge in [0.15, 0.2) is 0 Å². The maximum Gasteiger partial charge on any atom is 0.322 e. The first-order valence-corrected chi connectivity index (χ1v) is 4.87. The van der Waals surface area contributed by atoms with Gasteiger partial charge in [-0.25, -0.2) is 4.68 Å². The number of rotatable bonds is 4. The van der Waals surface area contributed by atoms with Crippen LogP contribution in [0, 0.1) is 0 Å². The number of nitrogens with one attached hydrogen (secondary N) is 1. The Balaban J connectivity index is 2.41. The largest absolute Gasteiger partial charge is 0.467 e. The summed E-state index contributed by atoms with van der Waals surface area (Å²) in [5, 5.41) is 7.04. The van der Waals surface area contributed by atoms with E-state index in [4.69, 9.17) is 4.74 Å². The number of nitrogens with zero attached hydrogens (tertiary/aromatic N) is 5. The molecule has 0 radical (unpaired) electrons. The molecule has 0 saturated heterocycles. The minimum atomic E-state index is 0.261. The van der Waals surface area contributed by atoms with Gasteiger partial charge in [0.2, 0.25) is 5.95 Å². The first-order valence-electron chi connectivity index (χ1n) is 4.87. The molecule has 2 aromatic heterocycles. The summed E-state index contributed by atoms with van der Waals surface area (Å²) in [4.78, 5) is 12.3. The molecule has 2 aromatic rings. The van der Waals surface area contributed by atoms with Crippen molar-refractivity contribution >= 4 is 5.95 Å². The van der Waals surface area contributed by atoms with Crippen LogP contribution in [0.1, 0.15) is 6.92 Å². The zero-order valence-corrected chi connectivity index (χ0v) is 9.08. The maximum atomic E-state index is 5.00. The highest BCUT2D eigenvalue weighted by atomic mass is 16.5. The lowest BCUT2D eigenvalue weighted by atomic mass is 10.7. The summed E-state index contributed by atoms with van der Waals surface area (Å²) in [6, 6.07) is 2.06.